The van der Waals surface area contributed by atoms with Gasteiger partial charge in [0.2, 0.25) is 0 Å². The summed E-state index contributed by atoms with van der Waals surface area (Å²) in [5.74, 6) is 0. The number of thiazole rings is 1. The Morgan fingerprint density at radius 2 is 2.44 bits per heavy atom. The van der Waals surface area contributed by atoms with Crippen molar-refractivity contribution in [2.24, 2.45) is 0 Å². The van der Waals surface area contributed by atoms with Gasteiger partial charge in [0.1, 0.15) is 0 Å². The number of aromatic nitrogens is 1. The summed E-state index contributed by atoms with van der Waals surface area (Å²) in [4.78, 5) is 4.39. The van der Waals surface area contributed by atoms with Gasteiger partial charge in [-0.05, 0) is 18.2 Å². The zero-order valence-electron chi connectivity index (χ0n) is 8.86. The number of nitrogens with one attached hydrogen (secondary N) is 1. The molecule has 0 bridgehead atoms. The molecule has 4 nitrogen and oxygen atoms in total. The fraction of sp³-hybridized carbons (Fsp3) is 0.273. The smallest absolute Gasteiger partial charge is 0.183 e. The van der Waals surface area contributed by atoms with E-state index in [9.17, 15) is 0 Å². The number of benzene rings is 1. The van der Waals surface area contributed by atoms with Crippen LogP contribution in [0.4, 0.5) is 5.13 Å². The SMILES string of the molecule is COCCNc1nc2cc(C#N)ccc2s1. The number of hydrogen-bond donors (Lipinski definition) is 1. The van der Waals surface area contributed by atoms with E-state index in [1.165, 1.54) is 0 Å². The lowest BCUT2D eigenvalue weighted by Crippen LogP contribution is -2.06. The van der Waals surface area contributed by atoms with E-state index >= 15 is 0 Å². The second kappa shape index (κ2) is 4.92. The van der Waals surface area contributed by atoms with Crippen molar-refractivity contribution < 1.29 is 4.74 Å². The Labute approximate surface area is 97.5 Å². The summed E-state index contributed by atoms with van der Waals surface area (Å²) in [6.45, 7) is 1.39. The largest absolute Gasteiger partial charge is 0.383 e. The first kappa shape index (κ1) is 10.9. The highest BCUT2D eigenvalue weighted by molar-refractivity contribution is 7.22. The van der Waals surface area contributed by atoms with Crippen LogP contribution in [0.1, 0.15) is 5.56 Å². The molecule has 2 aromatic rings. The lowest BCUT2D eigenvalue weighted by Gasteiger charge is -1.99. The van der Waals surface area contributed by atoms with Gasteiger partial charge in [-0.1, -0.05) is 11.3 Å². The molecule has 5 heteroatoms. The summed E-state index contributed by atoms with van der Waals surface area (Å²) in [6, 6.07) is 7.63. The summed E-state index contributed by atoms with van der Waals surface area (Å²) in [6.07, 6.45) is 0. The van der Waals surface area contributed by atoms with Crippen LogP contribution < -0.4 is 5.32 Å². The van der Waals surface area contributed by atoms with Crippen LogP contribution in [0.2, 0.25) is 0 Å². The molecule has 0 radical (unpaired) electrons. The molecular weight excluding hydrogens is 222 g/mol. The third kappa shape index (κ3) is 2.30. The molecule has 1 aromatic carbocycles. The van der Waals surface area contributed by atoms with E-state index in [0.717, 1.165) is 21.9 Å². The van der Waals surface area contributed by atoms with Crippen LogP contribution in [0, 0.1) is 11.3 Å². The normalized spacial score (nSPS) is 10.2. The molecule has 1 heterocycles. The van der Waals surface area contributed by atoms with Gasteiger partial charge in [0.25, 0.3) is 0 Å². The van der Waals surface area contributed by atoms with Gasteiger partial charge in [0, 0.05) is 13.7 Å². The Morgan fingerprint density at radius 3 is 3.19 bits per heavy atom. The molecular formula is C11H11N3OS. The average Bonchev–Trinajstić information content (AvgIpc) is 2.70. The standard InChI is InChI=1S/C11H11N3OS/c1-15-5-4-13-11-14-9-6-8(7-12)2-3-10(9)16-11/h2-3,6H,4-5H2,1H3,(H,13,14). The number of fused-ring (bicyclic) bond motifs is 1. The van der Waals surface area contributed by atoms with Crippen LogP contribution >= 0.6 is 11.3 Å². The average molecular weight is 233 g/mol. The summed E-state index contributed by atoms with van der Waals surface area (Å²) < 4.78 is 6.03. The Balaban J connectivity index is 2.20. The minimum Gasteiger partial charge on any atom is -0.383 e. The van der Waals surface area contributed by atoms with Gasteiger partial charge < -0.3 is 10.1 Å². The molecule has 0 saturated heterocycles. The number of anilines is 1. The van der Waals surface area contributed by atoms with Crippen molar-refractivity contribution in [3.05, 3.63) is 23.8 Å². The first-order valence-corrected chi connectivity index (χ1v) is 5.68. The lowest BCUT2D eigenvalue weighted by atomic mass is 10.2. The van der Waals surface area contributed by atoms with Gasteiger partial charge in [0.05, 0.1) is 28.5 Å². The van der Waals surface area contributed by atoms with Crippen LogP contribution in [0.15, 0.2) is 18.2 Å². The second-order valence-electron chi connectivity index (χ2n) is 3.23. The van der Waals surface area contributed by atoms with Crippen LogP contribution in [0.25, 0.3) is 10.2 Å². The van der Waals surface area contributed by atoms with Crippen molar-refractivity contribution in [3.8, 4) is 6.07 Å². The highest BCUT2D eigenvalue weighted by Crippen LogP contribution is 2.26. The van der Waals surface area contributed by atoms with Crippen molar-refractivity contribution in [1.82, 2.24) is 4.98 Å². The molecule has 1 aromatic heterocycles. The number of ether oxygens (including phenoxy) is 1. The van der Waals surface area contributed by atoms with Crippen LogP contribution in [-0.2, 0) is 4.74 Å². The maximum atomic E-state index is 8.77. The van der Waals surface area contributed by atoms with E-state index < -0.39 is 0 Å². The zero-order valence-corrected chi connectivity index (χ0v) is 9.67. The Kier molecular flexibility index (Phi) is 3.34. The molecule has 0 fully saturated rings. The fourth-order valence-corrected chi connectivity index (χ4v) is 2.20. The molecule has 0 aliphatic rings. The van der Waals surface area contributed by atoms with E-state index in [1.54, 1.807) is 30.6 Å². The number of hydrogen-bond acceptors (Lipinski definition) is 5. The Bertz CT molecular complexity index is 529. The van der Waals surface area contributed by atoms with Crippen LogP contribution in [0.5, 0.6) is 0 Å². The quantitative estimate of drug-likeness (QED) is 0.823. The summed E-state index contributed by atoms with van der Waals surface area (Å²) in [5.41, 5.74) is 1.50. The van der Waals surface area contributed by atoms with Crippen LogP contribution in [0.3, 0.4) is 0 Å². The second-order valence-corrected chi connectivity index (χ2v) is 4.26. The summed E-state index contributed by atoms with van der Waals surface area (Å²) >= 11 is 1.58. The van der Waals surface area contributed by atoms with E-state index in [1.807, 2.05) is 6.07 Å². The van der Waals surface area contributed by atoms with Crippen molar-refractivity contribution in [3.63, 3.8) is 0 Å². The zero-order chi connectivity index (χ0) is 11.4. The number of nitriles is 1. The lowest BCUT2D eigenvalue weighted by molar-refractivity contribution is 0.211. The molecule has 2 rings (SSSR count). The first-order valence-electron chi connectivity index (χ1n) is 4.87. The van der Waals surface area contributed by atoms with E-state index in [2.05, 4.69) is 16.4 Å². The monoisotopic (exact) mass is 233 g/mol. The summed E-state index contributed by atoms with van der Waals surface area (Å²) in [5, 5.41) is 12.8. The molecule has 1 N–H and O–H groups in total. The van der Waals surface area contributed by atoms with Crippen molar-refractivity contribution in [2.75, 3.05) is 25.6 Å². The maximum absolute atomic E-state index is 8.77. The minimum atomic E-state index is 0.640. The molecule has 16 heavy (non-hydrogen) atoms. The molecule has 82 valence electrons. The van der Waals surface area contributed by atoms with E-state index in [4.69, 9.17) is 10.00 Å². The van der Waals surface area contributed by atoms with Gasteiger partial charge in [-0.25, -0.2) is 4.98 Å². The van der Waals surface area contributed by atoms with Gasteiger partial charge in [0.15, 0.2) is 5.13 Å². The molecule has 0 amide bonds. The predicted molar refractivity (Wildman–Crippen MR) is 64.7 cm³/mol. The predicted octanol–water partition coefficient (Wildman–Crippen LogP) is 2.23. The Hall–Kier alpha value is -1.64. The third-order valence-electron chi connectivity index (χ3n) is 2.10. The van der Waals surface area contributed by atoms with Crippen molar-refractivity contribution in [2.45, 2.75) is 0 Å². The fourth-order valence-electron chi connectivity index (χ4n) is 1.33. The van der Waals surface area contributed by atoms with Gasteiger partial charge in [-0.15, -0.1) is 0 Å². The first-order chi connectivity index (χ1) is 7.83. The van der Waals surface area contributed by atoms with Crippen molar-refractivity contribution >= 4 is 26.7 Å². The highest BCUT2D eigenvalue weighted by atomic mass is 32.1. The summed E-state index contributed by atoms with van der Waals surface area (Å²) in [7, 11) is 1.67. The van der Waals surface area contributed by atoms with Gasteiger partial charge in [-0.2, -0.15) is 5.26 Å². The number of nitrogens with zero attached hydrogens (tertiary/aromatic N) is 2. The maximum Gasteiger partial charge on any atom is 0.183 e. The highest BCUT2D eigenvalue weighted by Gasteiger charge is 2.03. The molecule has 0 aliphatic carbocycles. The number of rotatable bonds is 4. The minimum absolute atomic E-state index is 0.640. The van der Waals surface area contributed by atoms with Gasteiger partial charge >= 0.3 is 0 Å². The number of methoxy groups -OCH3 is 1. The molecule has 0 unspecified atom stereocenters. The third-order valence-corrected chi connectivity index (χ3v) is 3.09. The van der Waals surface area contributed by atoms with Gasteiger partial charge in [-0.3, -0.25) is 0 Å². The topological polar surface area (TPSA) is 57.9 Å². The molecule has 0 saturated carbocycles. The van der Waals surface area contributed by atoms with E-state index in [-0.39, 0.29) is 0 Å². The van der Waals surface area contributed by atoms with Crippen molar-refractivity contribution in [1.29, 1.82) is 5.26 Å². The van der Waals surface area contributed by atoms with Crippen LogP contribution in [-0.4, -0.2) is 25.2 Å². The molecule has 0 spiro atoms. The van der Waals surface area contributed by atoms with E-state index in [0.29, 0.717) is 12.2 Å². The molecule has 0 aliphatic heterocycles. The Morgan fingerprint density at radius 1 is 1.56 bits per heavy atom. The molecule has 0 atom stereocenters.